The third kappa shape index (κ3) is 4.00. The van der Waals surface area contributed by atoms with Crippen LogP contribution in [0.25, 0.3) is 0 Å². The zero-order valence-corrected chi connectivity index (χ0v) is 11.3. The maximum Gasteiger partial charge on any atom is 0.325 e. The number of aryl methyl sites for hydroxylation is 1. The summed E-state index contributed by atoms with van der Waals surface area (Å²) in [5.74, 6) is -0.735. The van der Waals surface area contributed by atoms with Crippen LogP contribution >= 0.6 is 11.6 Å². The molecule has 5 nitrogen and oxygen atoms in total. The molecule has 0 aromatic carbocycles. The molecule has 0 bridgehead atoms. The highest BCUT2D eigenvalue weighted by Crippen LogP contribution is 2.12. The molecule has 0 N–H and O–H groups in total. The lowest BCUT2D eigenvalue weighted by atomic mass is 10.2. The number of nitrogens with zero attached hydrogens (tertiary/aromatic N) is 2. The predicted molar refractivity (Wildman–Crippen MR) is 67.6 cm³/mol. The summed E-state index contributed by atoms with van der Waals surface area (Å²) in [4.78, 5) is 28.5. The van der Waals surface area contributed by atoms with Crippen molar-refractivity contribution in [3.05, 3.63) is 28.5 Å². The van der Waals surface area contributed by atoms with Crippen LogP contribution in [-0.4, -0.2) is 42.0 Å². The molecule has 0 saturated carbocycles. The van der Waals surface area contributed by atoms with Crippen molar-refractivity contribution in [2.45, 2.75) is 13.8 Å². The van der Waals surface area contributed by atoms with E-state index in [1.54, 1.807) is 19.9 Å². The Bertz CT molecular complexity index is 442. The van der Waals surface area contributed by atoms with Crippen molar-refractivity contribution in [3.63, 3.8) is 0 Å². The first kappa shape index (κ1) is 14.4. The quantitative estimate of drug-likeness (QED) is 0.617. The Labute approximate surface area is 111 Å². The number of hydrogen-bond acceptors (Lipinski definition) is 4. The van der Waals surface area contributed by atoms with Crippen LogP contribution in [0.15, 0.2) is 12.1 Å². The fraction of sp³-hybridized carbons (Fsp3) is 0.417. The number of carbonyl (C=O) groups excluding carboxylic acids is 2. The minimum atomic E-state index is -0.440. The SMILES string of the molecule is CCOC(=O)CN(C)C(=O)c1cc(C)nc(Cl)c1. The van der Waals surface area contributed by atoms with E-state index < -0.39 is 5.97 Å². The normalized spacial score (nSPS) is 10.0. The summed E-state index contributed by atoms with van der Waals surface area (Å²) < 4.78 is 4.77. The van der Waals surface area contributed by atoms with E-state index >= 15 is 0 Å². The lowest BCUT2D eigenvalue weighted by Crippen LogP contribution is -2.33. The van der Waals surface area contributed by atoms with Gasteiger partial charge in [0.2, 0.25) is 0 Å². The lowest BCUT2D eigenvalue weighted by Gasteiger charge is -2.16. The summed E-state index contributed by atoms with van der Waals surface area (Å²) in [6, 6.07) is 3.09. The number of carbonyl (C=O) groups is 2. The molecule has 98 valence electrons. The highest BCUT2D eigenvalue weighted by Gasteiger charge is 2.16. The van der Waals surface area contributed by atoms with E-state index in [-0.39, 0.29) is 17.6 Å². The Balaban J connectivity index is 2.77. The predicted octanol–water partition coefficient (Wildman–Crippen LogP) is 1.68. The van der Waals surface area contributed by atoms with Crippen LogP contribution in [0.3, 0.4) is 0 Å². The van der Waals surface area contributed by atoms with Gasteiger partial charge in [-0.1, -0.05) is 11.6 Å². The molecule has 0 atom stereocenters. The van der Waals surface area contributed by atoms with E-state index in [1.165, 1.54) is 18.0 Å². The third-order valence-electron chi connectivity index (χ3n) is 2.19. The second kappa shape index (κ2) is 6.35. The van der Waals surface area contributed by atoms with Gasteiger partial charge in [-0.15, -0.1) is 0 Å². The summed E-state index contributed by atoms with van der Waals surface area (Å²) in [5, 5.41) is 0.253. The molecule has 0 unspecified atom stereocenters. The molecule has 0 fully saturated rings. The van der Waals surface area contributed by atoms with Gasteiger partial charge in [0.05, 0.1) is 6.61 Å². The number of ether oxygens (including phenoxy) is 1. The average Bonchev–Trinajstić information content (AvgIpc) is 2.26. The number of amides is 1. The van der Waals surface area contributed by atoms with Gasteiger partial charge >= 0.3 is 5.97 Å². The number of halogens is 1. The van der Waals surface area contributed by atoms with Crippen LogP contribution in [0.4, 0.5) is 0 Å². The number of esters is 1. The molecular formula is C12H15ClN2O3. The molecule has 1 heterocycles. The van der Waals surface area contributed by atoms with Gasteiger partial charge in [-0.05, 0) is 26.0 Å². The van der Waals surface area contributed by atoms with Gasteiger partial charge in [-0.3, -0.25) is 9.59 Å². The number of pyridine rings is 1. The number of likely N-dealkylation sites (N-methyl/N-ethyl adjacent to an activating group) is 1. The largest absolute Gasteiger partial charge is 0.465 e. The molecule has 1 aromatic heterocycles. The molecule has 0 aliphatic carbocycles. The molecule has 1 rings (SSSR count). The fourth-order valence-corrected chi connectivity index (χ4v) is 1.69. The maximum atomic E-state index is 12.0. The van der Waals surface area contributed by atoms with Gasteiger partial charge in [-0.25, -0.2) is 4.98 Å². The van der Waals surface area contributed by atoms with Crippen molar-refractivity contribution in [1.82, 2.24) is 9.88 Å². The van der Waals surface area contributed by atoms with Crippen molar-refractivity contribution < 1.29 is 14.3 Å². The van der Waals surface area contributed by atoms with E-state index in [9.17, 15) is 9.59 Å². The van der Waals surface area contributed by atoms with Crippen molar-refractivity contribution in [2.24, 2.45) is 0 Å². The molecule has 1 amide bonds. The van der Waals surface area contributed by atoms with Crippen LogP contribution in [0.1, 0.15) is 23.0 Å². The second-order valence-electron chi connectivity index (χ2n) is 3.79. The van der Waals surface area contributed by atoms with Crippen molar-refractivity contribution >= 4 is 23.5 Å². The van der Waals surface area contributed by atoms with Gasteiger partial charge in [0.25, 0.3) is 5.91 Å². The maximum absolute atomic E-state index is 12.0. The zero-order valence-electron chi connectivity index (χ0n) is 10.6. The highest BCUT2D eigenvalue weighted by atomic mass is 35.5. The smallest absolute Gasteiger partial charge is 0.325 e. The topological polar surface area (TPSA) is 59.5 Å². The highest BCUT2D eigenvalue weighted by molar-refractivity contribution is 6.29. The van der Waals surface area contributed by atoms with Gasteiger partial charge < -0.3 is 9.64 Å². The van der Waals surface area contributed by atoms with Gasteiger partial charge in [-0.2, -0.15) is 0 Å². The first-order valence-electron chi connectivity index (χ1n) is 5.49. The van der Waals surface area contributed by atoms with Crippen LogP contribution in [0, 0.1) is 6.92 Å². The van der Waals surface area contributed by atoms with E-state index in [2.05, 4.69) is 4.98 Å². The van der Waals surface area contributed by atoms with Crippen molar-refractivity contribution in [1.29, 1.82) is 0 Å². The van der Waals surface area contributed by atoms with Crippen LogP contribution < -0.4 is 0 Å². The zero-order chi connectivity index (χ0) is 13.7. The van der Waals surface area contributed by atoms with E-state index in [1.807, 2.05) is 0 Å². The molecule has 6 heteroatoms. The molecule has 0 aliphatic rings. The van der Waals surface area contributed by atoms with E-state index in [0.29, 0.717) is 17.9 Å². The molecular weight excluding hydrogens is 256 g/mol. The average molecular weight is 271 g/mol. The first-order chi connectivity index (χ1) is 8.43. The lowest BCUT2D eigenvalue weighted by molar-refractivity contribution is -0.143. The Kier molecular flexibility index (Phi) is 5.09. The minimum Gasteiger partial charge on any atom is -0.465 e. The van der Waals surface area contributed by atoms with Crippen molar-refractivity contribution in [3.8, 4) is 0 Å². The monoisotopic (exact) mass is 270 g/mol. The van der Waals surface area contributed by atoms with Crippen LogP contribution in [0.2, 0.25) is 5.15 Å². The Morgan fingerprint density at radius 3 is 2.67 bits per heavy atom. The summed E-state index contributed by atoms with van der Waals surface area (Å²) in [7, 11) is 1.53. The number of rotatable bonds is 4. The summed E-state index contributed by atoms with van der Waals surface area (Å²) in [6.07, 6.45) is 0. The Morgan fingerprint density at radius 2 is 2.11 bits per heavy atom. The van der Waals surface area contributed by atoms with Crippen molar-refractivity contribution in [2.75, 3.05) is 20.2 Å². The van der Waals surface area contributed by atoms with Gasteiger partial charge in [0.1, 0.15) is 11.7 Å². The van der Waals surface area contributed by atoms with E-state index in [4.69, 9.17) is 16.3 Å². The number of aromatic nitrogens is 1. The van der Waals surface area contributed by atoms with Gasteiger partial charge in [0.15, 0.2) is 0 Å². The molecule has 0 saturated heterocycles. The summed E-state index contributed by atoms with van der Waals surface area (Å²) in [5.41, 5.74) is 1.05. The standard InChI is InChI=1S/C12H15ClN2O3/c1-4-18-11(16)7-15(3)12(17)9-5-8(2)14-10(13)6-9/h5-6H,4,7H2,1-3H3. The number of hydrogen-bond donors (Lipinski definition) is 0. The molecule has 0 radical (unpaired) electrons. The second-order valence-corrected chi connectivity index (χ2v) is 4.17. The molecule has 18 heavy (non-hydrogen) atoms. The van der Waals surface area contributed by atoms with Gasteiger partial charge in [0, 0.05) is 18.3 Å². The molecule has 0 aliphatic heterocycles. The van der Waals surface area contributed by atoms with Crippen LogP contribution in [0.5, 0.6) is 0 Å². The molecule has 1 aromatic rings. The van der Waals surface area contributed by atoms with E-state index in [0.717, 1.165) is 0 Å². The first-order valence-corrected chi connectivity index (χ1v) is 5.87. The Hall–Kier alpha value is -1.62. The van der Waals surface area contributed by atoms with Crippen LogP contribution in [-0.2, 0) is 9.53 Å². The third-order valence-corrected chi connectivity index (χ3v) is 2.38. The fourth-order valence-electron chi connectivity index (χ4n) is 1.44. The minimum absolute atomic E-state index is 0.0916. The summed E-state index contributed by atoms with van der Waals surface area (Å²) in [6.45, 7) is 3.66. The summed E-state index contributed by atoms with van der Waals surface area (Å²) >= 11 is 5.78. The Morgan fingerprint density at radius 1 is 1.44 bits per heavy atom. The molecule has 0 spiro atoms.